The van der Waals surface area contributed by atoms with Crippen molar-refractivity contribution in [2.75, 3.05) is 7.05 Å². The molecule has 0 bridgehead atoms. The number of aliphatic hydroxyl groups excluding tert-OH is 1. The fourth-order valence-corrected chi connectivity index (χ4v) is 4.72. The molecule has 0 aliphatic heterocycles. The number of halogens is 2. The molecule has 1 N–H and O–H groups in total. The number of aliphatic hydroxyl groups is 1. The Labute approximate surface area is 192 Å². The van der Waals surface area contributed by atoms with E-state index in [1.807, 2.05) is 24.3 Å². The predicted molar refractivity (Wildman–Crippen MR) is 122 cm³/mol. The van der Waals surface area contributed by atoms with Gasteiger partial charge in [-0.1, -0.05) is 30.3 Å². The summed E-state index contributed by atoms with van der Waals surface area (Å²) in [5.74, 6) is -0.404. The van der Waals surface area contributed by atoms with E-state index in [0.29, 0.717) is 17.0 Å². The summed E-state index contributed by atoms with van der Waals surface area (Å²) in [4.78, 5) is 17.8. The summed E-state index contributed by atoms with van der Waals surface area (Å²) in [5.41, 5.74) is 2.85. The maximum Gasteiger partial charge on any atom is 0.253 e. The van der Waals surface area contributed by atoms with Gasteiger partial charge in [-0.2, -0.15) is 4.39 Å². The third-order valence-corrected chi connectivity index (χ3v) is 6.56. The summed E-state index contributed by atoms with van der Waals surface area (Å²) in [5, 5.41) is 10.7. The lowest BCUT2D eigenvalue weighted by atomic mass is 9.91. The Kier molecular flexibility index (Phi) is 7.14. The van der Waals surface area contributed by atoms with Crippen LogP contribution >= 0.6 is 0 Å². The lowest BCUT2D eigenvalue weighted by Crippen LogP contribution is -2.26. The van der Waals surface area contributed by atoms with Crippen LogP contribution in [-0.4, -0.2) is 27.9 Å². The molecule has 0 saturated heterocycles. The van der Waals surface area contributed by atoms with E-state index in [0.717, 1.165) is 36.8 Å². The number of amides is 1. The summed E-state index contributed by atoms with van der Waals surface area (Å²) in [7, 11) is 1.65. The van der Waals surface area contributed by atoms with E-state index >= 15 is 0 Å². The molecular weight excluding hydrogens is 422 g/mol. The number of nitrogens with zero attached hydrogens (tertiary/aromatic N) is 2. The van der Waals surface area contributed by atoms with Crippen molar-refractivity contribution in [3.8, 4) is 0 Å². The molecule has 172 valence electrons. The van der Waals surface area contributed by atoms with Gasteiger partial charge in [0.25, 0.3) is 5.91 Å². The monoisotopic (exact) mass is 450 g/mol. The standard InChI is InChI=1S/C27H28F2N2O2/c1-31(17-23-3-2-14-30-26(23)29)27(33)21-7-4-18(5-8-21)15-19-6-9-22(16-19)25(32)20-10-12-24(28)13-11-20/h2-5,7-8,10-14,19,22,25,32H,6,9,15-17H2,1H3/t19-,22-,25+/m0/s1. The van der Waals surface area contributed by atoms with E-state index in [2.05, 4.69) is 4.98 Å². The van der Waals surface area contributed by atoms with Gasteiger partial charge in [-0.25, -0.2) is 9.37 Å². The van der Waals surface area contributed by atoms with Gasteiger partial charge in [-0.15, -0.1) is 0 Å². The van der Waals surface area contributed by atoms with Gasteiger partial charge in [-0.3, -0.25) is 4.79 Å². The quantitative estimate of drug-likeness (QED) is 0.496. The molecule has 1 aliphatic carbocycles. The second-order valence-corrected chi connectivity index (χ2v) is 8.95. The van der Waals surface area contributed by atoms with Gasteiger partial charge < -0.3 is 10.0 Å². The highest BCUT2D eigenvalue weighted by Crippen LogP contribution is 2.40. The molecule has 0 spiro atoms. The molecule has 4 nitrogen and oxygen atoms in total. The van der Waals surface area contributed by atoms with Gasteiger partial charge >= 0.3 is 0 Å². The van der Waals surface area contributed by atoms with Crippen molar-refractivity contribution in [3.05, 3.63) is 101 Å². The topological polar surface area (TPSA) is 53.4 Å². The molecule has 1 fully saturated rings. The molecule has 1 aromatic heterocycles. The van der Waals surface area contributed by atoms with E-state index in [1.54, 1.807) is 31.3 Å². The van der Waals surface area contributed by atoms with Crippen LogP contribution in [0.25, 0.3) is 0 Å². The van der Waals surface area contributed by atoms with Gasteiger partial charge in [0.05, 0.1) is 12.6 Å². The summed E-state index contributed by atoms with van der Waals surface area (Å²) >= 11 is 0. The predicted octanol–water partition coefficient (Wildman–Crippen LogP) is 5.32. The average molecular weight is 451 g/mol. The lowest BCUT2D eigenvalue weighted by Gasteiger charge is -2.19. The highest BCUT2D eigenvalue weighted by Gasteiger charge is 2.30. The van der Waals surface area contributed by atoms with Crippen molar-refractivity contribution < 1.29 is 18.7 Å². The zero-order chi connectivity index (χ0) is 23.4. The van der Waals surface area contributed by atoms with Gasteiger partial charge in [-0.05, 0) is 79.0 Å². The Hall–Kier alpha value is -3.12. The fraction of sp³-hybridized carbons (Fsp3) is 0.333. The maximum atomic E-state index is 13.8. The largest absolute Gasteiger partial charge is 0.388 e. The number of aromatic nitrogens is 1. The zero-order valence-corrected chi connectivity index (χ0v) is 18.6. The molecular formula is C27H28F2N2O2. The van der Waals surface area contributed by atoms with Crippen LogP contribution in [0.5, 0.6) is 0 Å². The van der Waals surface area contributed by atoms with Crippen LogP contribution in [0.15, 0.2) is 66.9 Å². The number of rotatable bonds is 7. The first kappa shape index (κ1) is 23.1. The van der Waals surface area contributed by atoms with E-state index in [1.165, 1.54) is 23.2 Å². The molecule has 1 heterocycles. The molecule has 2 aromatic carbocycles. The third kappa shape index (κ3) is 5.63. The minimum Gasteiger partial charge on any atom is -0.388 e. The molecule has 1 amide bonds. The summed E-state index contributed by atoms with van der Waals surface area (Å²) in [6, 6.07) is 16.9. The first-order valence-electron chi connectivity index (χ1n) is 11.3. The molecule has 4 rings (SSSR count). The lowest BCUT2D eigenvalue weighted by molar-refractivity contribution is 0.0783. The number of hydrogen-bond acceptors (Lipinski definition) is 3. The van der Waals surface area contributed by atoms with E-state index in [4.69, 9.17) is 0 Å². The minimum atomic E-state index is -0.573. The highest BCUT2D eigenvalue weighted by molar-refractivity contribution is 5.94. The van der Waals surface area contributed by atoms with Crippen LogP contribution in [0.4, 0.5) is 8.78 Å². The van der Waals surface area contributed by atoms with Crippen LogP contribution < -0.4 is 0 Å². The van der Waals surface area contributed by atoms with Gasteiger partial charge in [0.1, 0.15) is 5.82 Å². The van der Waals surface area contributed by atoms with Gasteiger partial charge in [0, 0.05) is 24.4 Å². The Bertz CT molecular complexity index is 1090. The maximum absolute atomic E-state index is 13.8. The Morgan fingerprint density at radius 2 is 1.82 bits per heavy atom. The number of hydrogen-bond donors (Lipinski definition) is 1. The van der Waals surface area contributed by atoms with Crippen molar-refractivity contribution in [3.63, 3.8) is 0 Å². The molecule has 6 heteroatoms. The Morgan fingerprint density at radius 3 is 2.52 bits per heavy atom. The molecule has 0 radical (unpaired) electrons. The molecule has 3 aromatic rings. The number of benzene rings is 2. The number of carbonyl (C=O) groups excluding carboxylic acids is 1. The van der Waals surface area contributed by atoms with Crippen LogP contribution in [0.2, 0.25) is 0 Å². The van der Waals surface area contributed by atoms with Gasteiger partial charge in [0.2, 0.25) is 5.95 Å². The smallest absolute Gasteiger partial charge is 0.253 e. The van der Waals surface area contributed by atoms with Crippen LogP contribution in [0.3, 0.4) is 0 Å². The second kappa shape index (κ2) is 10.2. The summed E-state index contributed by atoms with van der Waals surface area (Å²) < 4.78 is 26.9. The molecule has 0 unspecified atom stereocenters. The third-order valence-electron chi connectivity index (χ3n) is 6.56. The molecule has 3 atom stereocenters. The van der Waals surface area contributed by atoms with Crippen LogP contribution in [-0.2, 0) is 13.0 Å². The molecule has 33 heavy (non-hydrogen) atoms. The minimum absolute atomic E-state index is 0.153. The van der Waals surface area contributed by atoms with E-state index in [9.17, 15) is 18.7 Å². The van der Waals surface area contributed by atoms with Crippen LogP contribution in [0.1, 0.15) is 52.4 Å². The van der Waals surface area contributed by atoms with Crippen LogP contribution in [0, 0.1) is 23.6 Å². The van der Waals surface area contributed by atoms with Crippen molar-refractivity contribution >= 4 is 5.91 Å². The fourth-order valence-electron chi connectivity index (χ4n) is 4.72. The molecule has 1 aliphatic rings. The first-order valence-corrected chi connectivity index (χ1v) is 11.3. The summed E-state index contributed by atoms with van der Waals surface area (Å²) in [6.45, 7) is 0.153. The van der Waals surface area contributed by atoms with E-state index in [-0.39, 0.29) is 24.2 Å². The highest BCUT2D eigenvalue weighted by atomic mass is 19.1. The van der Waals surface area contributed by atoms with Crippen molar-refractivity contribution in [2.45, 2.75) is 38.3 Å². The van der Waals surface area contributed by atoms with E-state index < -0.39 is 12.1 Å². The van der Waals surface area contributed by atoms with Crippen molar-refractivity contribution in [1.82, 2.24) is 9.88 Å². The van der Waals surface area contributed by atoms with Crippen molar-refractivity contribution in [1.29, 1.82) is 0 Å². The molecule has 1 saturated carbocycles. The number of pyridine rings is 1. The second-order valence-electron chi connectivity index (χ2n) is 8.95. The number of carbonyl (C=O) groups is 1. The average Bonchev–Trinajstić information content (AvgIpc) is 3.29. The van der Waals surface area contributed by atoms with Gasteiger partial charge in [0.15, 0.2) is 0 Å². The SMILES string of the molecule is CN(Cc1cccnc1F)C(=O)c1ccc(C[C@@H]2CC[C@H]([C@H](O)c3ccc(F)cc3)C2)cc1. The Morgan fingerprint density at radius 1 is 1.09 bits per heavy atom. The summed E-state index contributed by atoms with van der Waals surface area (Å²) in [6.07, 6.45) is 4.58. The normalized spacial score (nSPS) is 18.8. The Balaban J connectivity index is 1.32. The zero-order valence-electron chi connectivity index (χ0n) is 18.6. The first-order chi connectivity index (χ1) is 15.9. The van der Waals surface area contributed by atoms with Crippen molar-refractivity contribution in [2.24, 2.45) is 11.8 Å².